The number of hydrogen-bond donors (Lipinski definition) is 1. The monoisotopic (exact) mass is 499 g/mol. The average molecular weight is 501 g/mol. The fourth-order valence-corrected chi connectivity index (χ4v) is 5.64. The number of hydrogen-bond acceptors (Lipinski definition) is 5. The van der Waals surface area contributed by atoms with Gasteiger partial charge in [-0.1, -0.05) is 29.8 Å². The molecule has 0 radical (unpaired) electrons. The molecule has 0 spiro atoms. The van der Waals surface area contributed by atoms with Crippen molar-refractivity contribution < 1.29 is 17.9 Å². The van der Waals surface area contributed by atoms with Gasteiger partial charge in [0.1, 0.15) is 11.5 Å². The van der Waals surface area contributed by atoms with E-state index in [0.717, 1.165) is 25.4 Å². The average Bonchev–Trinajstić information content (AvgIpc) is 3.04. The van der Waals surface area contributed by atoms with Gasteiger partial charge in [0, 0.05) is 10.6 Å². The minimum atomic E-state index is -3.65. The van der Waals surface area contributed by atoms with Crippen LogP contribution < -0.4 is 14.6 Å². The number of nitrogens with two attached hydrogens (primary N) is 1. The summed E-state index contributed by atoms with van der Waals surface area (Å²) in [6, 6.07) is 12.9. The minimum absolute atomic E-state index is 0.244. The van der Waals surface area contributed by atoms with E-state index in [1.165, 1.54) is 0 Å². The minimum Gasteiger partial charge on any atom is -0.496 e. The van der Waals surface area contributed by atoms with E-state index in [9.17, 15) is 8.42 Å². The topological polar surface area (TPSA) is 78.6 Å². The summed E-state index contributed by atoms with van der Waals surface area (Å²) in [5.74, 6) is 0.963. The normalized spacial score (nSPS) is 15.5. The highest BCUT2D eigenvalue weighted by atomic mass is 79.9. The summed E-state index contributed by atoms with van der Waals surface area (Å²) in [6.45, 7) is 0. The zero-order valence-corrected chi connectivity index (χ0v) is 18.6. The van der Waals surface area contributed by atoms with E-state index in [4.69, 9.17) is 26.2 Å². The third-order valence-electron chi connectivity index (χ3n) is 4.38. The zero-order chi connectivity index (χ0) is 20.1. The van der Waals surface area contributed by atoms with E-state index in [1.54, 1.807) is 36.6 Å². The number of fused-ring (bicyclic) bond motifs is 3. The van der Waals surface area contributed by atoms with E-state index >= 15 is 0 Å². The van der Waals surface area contributed by atoms with Crippen molar-refractivity contribution in [2.24, 2.45) is 5.14 Å². The molecule has 0 fully saturated rings. The van der Waals surface area contributed by atoms with Crippen LogP contribution in [0.25, 0.3) is 11.1 Å². The zero-order valence-electron chi connectivity index (χ0n) is 14.6. The van der Waals surface area contributed by atoms with Crippen LogP contribution in [0.4, 0.5) is 0 Å². The first-order valence-electron chi connectivity index (χ1n) is 8.18. The molecular weight excluding hydrogens is 486 g/mol. The fraction of sp³-hybridized carbons (Fsp3) is 0.158. The summed E-state index contributed by atoms with van der Waals surface area (Å²) >= 11 is 11.3. The van der Waals surface area contributed by atoms with Gasteiger partial charge in [-0.2, -0.15) is 0 Å². The second kappa shape index (κ2) is 7.35. The Bertz CT molecular complexity index is 1180. The van der Waals surface area contributed by atoms with E-state index in [1.807, 2.05) is 24.3 Å². The Hall–Kier alpha value is -1.58. The maximum atomic E-state index is 11.6. The number of primary sulfonamides is 1. The van der Waals surface area contributed by atoms with Gasteiger partial charge in [-0.3, -0.25) is 0 Å². The summed E-state index contributed by atoms with van der Waals surface area (Å²) < 4.78 is 35.9. The van der Waals surface area contributed by atoms with E-state index in [0.29, 0.717) is 22.1 Å². The lowest BCUT2D eigenvalue weighted by Gasteiger charge is -2.30. The highest BCUT2D eigenvalue weighted by Gasteiger charge is 2.31. The van der Waals surface area contributed by atoms with Crippen molar-refractivity contribution >= 4 is 48.9 Å². The lowest BCUT2D eigenvalue weighted by molar-refractivity contribution is 0.246. The van der Waals surface area contributed by atoms with Crippen LogP contribution in [0, 0.1) is 0 Å². The molecule has 1 aliphatic rings. The molecule has 1 atom stereocenters. The van der Waals surface area contributed by atoms with Crippen LogP contribution in [0.3, 0.4) is 0 Å². The standard InChI is InChI=1S/C19H15BrClNO4S2/c1-25-14-7-11(21)8-15-18(14)12-3-2-10(9-28(22,23)24)6-13(12)19(26-15)16-4-5-17(20)27-16/h2-8,19H,9H2,1H3,(H2,22,23,24). The maximum Gasteiger partial charge on any atom is 0.213 e. The van der Waals surface area contributed by atoms with Crippen molar-refractivity contribution in [2.75, 3.05) is 7.11 Å². The molecule has 4 rings (SSSR count). The molecule has 0 aliphatic carbocycles. The Morgan fingerprint density at radius 2 is 2.04 bits per heavy atom. The molecule has 2 aromatic carbocycles. The molecule has 0 saturated carbocycles. The highest BCUT2D eigenvalue weighted by molar-refractivity contribution is 9.11. The molecular formula is C19H15BrClNO4S2. The van der Waals surface area contributed by atoms with Gasteiger partial charge in [0.15, 0.2) is 6.10 Å². The van der Waals surface area contributed by atoms with Gasteiger partial charge >= 0.3 is 0 Å². The third-order valence-corrected chi connectivity index (χ3v) is 7.00. The fourth-order valence-electron chi connectivity index (χ4n) is 3.33. The van der Waals surface area contributed by atoms with Gasteiger partial charge in [0.2, 0.25) is 10.0 Å². The van der Waals surface area contributed by atoms with Gasteiger partial charge < -0.3 is 9.47 Å². The van der Waals surface area contributed by atoms with Gasteiger partial charge in [0.05, 0.1) is 27.1 Å². The highest BCUT2D eigenvalue weighted by Crippen LogP contribution is 2.51. The van der Waals surface area contributed by atoms with Crippen molar-refractivity contribution in [1.82, 2.24) is 0 Å². The number of sulfonamides is 1. The molecule has 1 unspecified atom stereocenters. The van der Waals surface area contributed by atoms with E-state index < -0.39 is 16.1 Å². The molecule has 3 aromatic rings. The predicted molar refractivity (Wildman–Crippen MR) is 115 cm³/mol. The summed E-state index contributed by atoms with van der Waals surface area (Å²) in [6.07, 6.45) is -0.401. The SMILES string of the molecule is COc1cc(Cl)cc2c1-c1ccc(CS(N)(=O)=O)cc1C(c1ccc(Br)s1)O2. The van der Waals surface area contributed by atoms with Crippen molar-refractivity contribution in [2.45, 2.75) is 11.9 Å². The van der Waals surface area contributed by atoms with Crippen LogP contribution >= 0.6 is 38.9 Å². The Balaban J connectivity index is 1.94. The molecule has 1 aliphatic heterocycles. The molecule has 5 nitrogen and oxygen atoms in total. The van der Waals surface area contributed by atoms with Crippen LogP contribution in [-0.4, -0.2) is 15.5 Å². The molecule has 0 bridgehead atoms. The van der Waals surface area contributed by atoms with Crippen molar-refractivity contribution in [1.29, 1.82) is 0 Å². The lowest BCUT2D eigenvalue weighted by atomic mass is 9.90. The summed E-state index contributed by atoms with van der Waals surface area (Å²) in [5, 5.41) is 5.74. The number of ether oxygens (including phenoxy) is 2. The molecule has 1 aromatic heterocycles. The second-order valence-corrected chi connectivity index (χ2v) is 10.9. The molecule has 0 saturated heterocycles. The van der Waals surface area contributed by atoms with Crippen molar-refractivity contribution in [3.63, 3.8) is 0 Å². The lowest BCUT2D eigenvalue weighted by Crippen LogP contribution is -2.17. The second-order valence-electron chi connectivity index (χ2n) is 6.35. The van der Waals surface area contributed by atoms with Gasteiger partial charge in [-0.05, 0) is 51.3 Å². The quantitative estimate of drug-likeness (QED) is 0.540. The maximum absolute atomic E-state index is 11.6. The number of halogens is 2. The third kappa shape index (κ3) is 3.79. The molecule has 9 heteroatoms. The smallest absolute Gasteiger partial charge is 0.213 e. The number of methoxy groups -OCH3 is 1. The Morgan fingerprint density at radius 3 is 2.68 bits per heavy atom. The van der Waals surface area contributed by atoms with Crippen LogP contribution in [0.2, 0.25) is 5.02 Å². The Labute approximate surface area is 180 Å². The molecule has 2 N–H and O–H groups in total. The predicted octanol–water partition coefficient (Wildman–Crippen LogP) is 5.11. The molecule has 0 amide bonds. The Morgan fingerprint density at radius 1 is 1.25 bits per heavy atom. The number of rotatable bonds is 4. The van der Waals surface area contributed by atoms with Crippen molar-refractivity contribution in [3.8, 4) is 22.6 Å². The van der Waals surface area contributed by atoms with Crippen molar-refractivity contribution in [3.05, 3.63) is 67.3 Å². The van der Waals surface area contributed by atoms with E-state index in [2.05, 4.69) is 15.9 Å². The van der Waals surface area contributed by atoms with Gasteiger partial charge in [-0.25, -0.2) is 13.6 Å². The number of thiophene rings is 1. The van der Waals surface area contributed by atoms with E-state index in [-0.39, 0.29) is 5.75 Å². The van der Waals surface area contributed by atoms with Crippen LogP contribution in [0.1, 0.15) is 22.1 Å². The first-order valence-corrected chi connectivity index (χ1v) is 11.9. The van der Waals surface area contributed by atoms with Crippen LogP contribution in [-0.2, 0) is 15.8 Å². The summed E-state index contributed by atoms with van der Waals surface area (Å²) in [5.41, 5.74) is 3.14. The van der Waals surface area contributed by atoms with Crippen LogP contribution in [0.15, 0.2) is 46.3 Å². The summed E-state index contributed by atoms with van der Waals surface area (Å²) in [4.78, 5) is 0.977. The molecule has 28 heavy (non-hydrogen) atoms. The van der Waals surface area contributed by atoms with Gasteiger partial charge in [0.25, 0.3) is 0 Å². The van der Waals surface area contributed by atoms with Gasteiger partial charge in [-0.15, -0.1) is 11.3 Å². The summed E-state index contributed by atoms with van der Waals surface area (Å²) in [7, 11) is -2.08. The molecule has 146 valence electrons. The Kier molecular flexibility index (Phi) is 5.18. The first-order chi connectivity index (χ1) is 13.2. The number of benzene rings is 2. The first kappa shape index (κ1) is 19.7. The van der Waals surface area contributed by atoms with Crippen LogP contribution in [0.5, 0.6) is 11.5 Å². The molecule has 2 heterocycles. The largest absolute Gasteiger partial charge is 0.496 e.